The van der Waals surface area contributed by atoms with Gasteiger partial charge in [-0.3, -0.25) is 4.79 Å². The Morgan fingerprint density at radius 1 is 1.38 bits per heavy atom. The average molecular weight is 302 g/mol. The standard InChI is InChI=1S/C16H18N2O2S/c19-11-12-7-9-18(10-8-12)16(20)6-5-15-17-13-3-1-2-4-14(13)21-15/h1-6,12,19H,7-11H2/b6-5+. The molecule has 2 heterocycles. The number of hydrogen-bond acceptors (Lipinski definition) is 4. The highest BCUT2D eigenvalue weighted by Gasteiger charge is 2.20. The Morgan fingerprint density at radius 2 is 2.14 bits per heavy atom. The number of hydrogen-bond donors (Lipinski definition) is 1. The number of piperidine rings is 1. The summed E-state index contributed by atoms with van der Waals surface area (Å²) in [7, 11) is 0. The van der Waals surface area contributed by atoms with E-state index in [-0.39, 0.29) is 12.5 Å². The molecule has 1 amide bonds. The first-order valence-corrected chi connectivity index (χ1v) is 8.01. The fourth-order valence-corrected chi connectivity index (χ4v) is 3.42. The summed E-state index contributed by atoms with van der Waals surface area (Å²) in [6.07, 6.45) is 5.18. The Hall–Kier alpha value is -1.72. The largest absolute Gasteiger partial charge is 0.396 e. The van der Waals surface area contributed by atoms with E-state index in [1.807, 2.05) is 29.2 Å². The number of fused-ring (bicyclic) bond motifs is 1. The van der Waals surface area contributed by atoms with Crippen LogP contribution in [0.15, 0.2) is 30.3 Å². The van der Waals surface area contributed by atoms with Crippen LogP contribution in [0.25, 0.3) is 16.3 Å². The predicted octanol–water partition coefficient (Wildman–Crippen LogP) is 2.54. The van der Waals surface area contributed by atoms with Gasteiger partial charge < -0.3 is 10.0 Å². The Kier molecular flexibility index (Phi) is 4.31. The van der Waals surface area contributed by atoms with Crippen LogP contribution in [0, 0.1) is 5.92 Å². The number of aliphatic hydroxyl groups excluding tert-OH is 1. The van der Waals surface area contributed by atoms with E-state index in [9.17, 15) is 4.79 Å². The lowest BCUT2D eigenvalue weighted by Gasteiger charge is -2.30. The van der Waals surface area contributed by atoms with Gasteiger partial charge in [-0.25, -0.2) is 4.98 Å². The Labute approximate surface area is 127 Å². The number of benzene rings is 1. The molecule has 0 saturated carbocycles. The van der Waals surface area contributed by atoms with Gasteiger partial charge in [-0.15, -0.1) is 11.3 Å². The topological polar surface area (TPSA) is 53.4 Å². The molecule has 1 N–H and O–H groups in total. The fraction of sp³-hybridized carbons (Fsp3) is 0.375. The molecule has 0 radical (unpaired) electrons. The zero-order valence-electron chi connectivity index (χ0n) is 11.7. The van der Waals surface area contributed by atoms with Crippen LogP contribution in [0.1, 0.15) is 17.8 Å². The summed E-state index contributed by atoms with van der Waals surface area (Å²) < 4.78 is 1.13. The van der Waals surface area contributed by atoms with Gasteiger partial charge >= 0.3 is 0 Å². The Balaban J connectivity index is 1.64. The minimum Gasteiger partial charge on any atom is -0.396 e. The lowest BCUT2D eigenvalue weighted by Crippen LogP contribution is -2.38. The lowest BCUT2D eigenvalue weighted by molar-refractivity contribution is -0.127. The van der Waals surface area contributed by atoms with Crippen molar-refractivity contribution in [2.75, 3.05) is 19.7 Å². The van der Waals surface area contributed by atoms with Gasteiger partial charge in [0, 0.05) is 25.8 Å². The maximum atomic E-state index is 12.1. The highest BCUT2D eigenvalue weighted by atomic mass is 32.1. The maximum absolute atomic E-state index is 12.1. The summed E-state index contributed by atoms with van der Waals surface area (Å²) in [6, 6.07) is 7.97. The first-order valence-electron chi connectivity index (χ1n) is 7.19. The number of carbonyl (C=O) groups excluding carboxylic acids is 1. The van der Waals surface area contributed by atoms with Crippen molar-refractivity contribution in [2.45, 2.75) is 12.8 Å². The SMILES string of the molecule is O=C(/C=C/c1nc2ccccc2s1)N1CCC(CO)CC1. The molecule has 4 nitrogen and oxygen atoms in total. The molecule has 5 heteroatoms. The van der Waals surface area contributed by atoms with Crippen LogP contribution < -0.4 is 0 Å². The first kappa shape index (κ1) is 14.2. The molecule has 0 bridgehead atoms. The zero-order valence-corrected chi connectivity index (χ0v) is 12.6. The molecule has 1 aromatic heterocycles. The molecule has 3 rings (SSSR count). The first-order chi connectivity index (χ1) is 10.3. The van der Waals surface area contributed by atoms with Crippen molar-refractivity contribution in [3.05, 3.63) is 35.3 Å². The molecule has 1 aliphatic heterocycles. The van der Waals surface area contributed by atoms with Crippen molar-refractivity contribution in [1.82, 2.24) is 9.88 Å². The summed E-state index contributed by atoms with van der Waals surface area (Å²) >= 11 is 1.59. The minimum absolute atomic E-state index is 0.0330. The van der Waals surface area contributed by atoms with E-state index in [0.29, 0.717) is 5.92 Å². The van der Waals surface area contributed by atoms with Crippen molar-refractivity contribution in [3.63, 3.8) is 0 Å². The number of nitrogens with zero attached hydrogens (tertiary/aromatic N) is 2. The van der Waals surface area contributed by atoms with Gasteiger partial charge in [0.05, 0.1) is 10.2 Å². The second-order valence-corrected chi connectivity index (χ2v) is 6.37. The summed E-state index contributed by atoms with van der Waals surface area (Å²) in [5, 5.41) is 9.97. The molecule has 1 fully saturated rings. The minimum atomic E-state index is 0.0330. The zero-order chi connectivity index (χ0) is 14.7. The van der Waals surface area contributed by atoms with Gasteiger partial charge in [0.2, 0.25) is 5.91 Å². The van der Waals surface area contributed by atoms with E-state index in [1.54, 1.807) is 23.5 Å². The van der Waals surface area contributed by atoms with Crippen LogP contribution in [0.4, 0.5) is 0 Å². The third-order valence-corrected chi connectivity index (χ3v) is 4.86. The lowest BCUT2D eigenvalue weighted by atomic mass is 9.98. The molecule has 0 unspecified atom stereocenters. The highest BCUT2D eigenvalue weighted by Crippen LogP contribution is 2.22. The molecule has 110 valence electrons. The summed E-state index contributed by atoms with van der Waals surface area (Å²) in [5.74, 6) is 0.382. The Morgan fingerprint density at radius 3 is 2.86 bits per heavy atom. The summed E-state index contributed by atoms with van der Waals surface area (Å²) in [4.78, 5) is 18.5. The normalized spacial score (nSPS) is 16.9. The molecule has 2 aromatic rings. The van der Waals surface area contributed by atoms with Gasteiger partial charge in [-0.1, -0.05) is 12.1 Å². The van der Waals surface area contributed by atoms with Crippen molar-refractivity contribution >= 4 is 33.5 Å². The maximum Gasteiger partial charge on any atom is 0.246 e. The quantitative estimate of drug-likeness (QED) is 0.887. The van der Waals surface area contributed by atoms with Crippen molar-refractivity contribution in [3.8, 4) is 0 Å². The monoisotopic (exact) mass is 302 g/mol. The van der Waals surface area contributed by atoms with E-state index in [0.717, 1.165) is 41.2 Å². The molecular formula is C16H18N2O2S. The van der Waals surface area contributed by atoms with Crippen molar-refractivity contribution in [1.29, 1.82) is 0 Å². The average Bonchev–Trinajstić information content (AvgIpc) is 2.95. The van der Waals surface area contributed by atoms with E-state index in [4.69, 9.17) is 5.11 Å². The molecule has 1 aliphatic rings. The molecule has 0 atom stereocenters. The van der Waals surface area contributed by atoms with Crippen LogP contribution in [-0.4, -0.2) is 40.6 Å². The number of carbonyl (C=O) groups is 1. The fourth-order valence-electron chi connectivity index (χ4n) is 2.55. The van der Waals surface area contributed by atoms with Crippen molar-refractivity contribution in [2.24, 2.45) is 5.92 Å². The van der Waals surface area contributed by atoms with Crippen LogP contribution in [0.3, 0.4) is 0 Å². The number of thiazole rings is 1. The van der Waals surface area contributed by atoms with Gasteiger partial charge in [0.1, 0.15) is 5.01 Å². The molecular weight excluding hydrogens is 284 g/mol. The number of para-hydroxylation sites is 1. The van der Waals surface area contributed by atoms with E-state index in [2.05, 4.69) is 4.98 Å². The number of aliphatic hydroxyl groups is 1. The van der Waals surface area contributed by atoms with Crippen LogP contribution >= 0.6 is 11.3 Å². The molecule has 1 aromatic carbocycles. The smallest absolute Gasteiger partial charge is 0.246 e. The van der Waals surface area contributed by atoms with Gasteiger partial charge in [-0.05, 0) is 37.0 Å². The number of rotatable bonds is 3. The third kappa shape index (κ3) is 3.31. The van der Waals surface area contributed by atoms with Gasteiger partial charge in [0.15, 0.2) is 0 Å². The number of likely N-dealkylation sites (tertiary alicyclic amines) is 1. The summed E-state index contributed by atoms with van der Waals surface area (Å²) in [6.45, 7) is 1.69. The second kappa shape index (κ2) is 6.37. The van der Waals surface area contributed by atoms with E-state index < -0.39 is 0 Å². The molecule has 0 aliphatic carbocycles. The molecule has 0 spiro atoms. The van der Waals surface area contributed by atoms with Crippen LogP contribution in [-0.2, 0) is 4.79 Å². The van der Waals surface area contributed by atoms with E-state index >= 15 is 0 Å². The second-order valence-electron chi connectivity index (χ2n) is 5.30. The predicted molar refractivity (Wildman–Crippen MR) is 85.0 cm³/mol. The van der Waals surface area contributed by atoms with Gasteiger partial charge in [0.25, 0.3) is 0 Å². The van der Waals surface area contributed by atoms with Gasteiger partial charge in [-0.2, -0.15) is 0 Å². The van der Waals surface area contributed by atoms with E-state index in [1.165, 1.54) is 0 Å². The summed E-state index contributed by atoms with van der Waals surface area (Å²) in [5.41, 5.74) is 0.971. The number of amides is 1. The molecule has 1 saturated heterocycles. The Bertz CT molecular complexity index is 624. The molecule has 21 heavy (non-hydrogen) atoms. The van der Waals surface area contributed by atoms with Crippen LogP contribution in [0.5, 0.6) is 0 Å². The van der Waals surface area contributed by atoms with Crippen molar-refractivity contribution < 1.29 is 9.90 Å². The highest BCUT2D eigenvalue weighted by molar-refractivity contribution is 7.19. The van der Waals surface area contributed by atoms with Crippen LogP contribution in [0.2, 0.25) is 0 Å². The number of aromatic nitrogens is 1. The third-order valence-electron chi connectivity index (χ3n) is 3.86.